The number of carbonyl (C=O) groups excluding carboxylic acids is 1. The van der Waals surface area contributed by atoms with Crippen LogP contribution in [0, 0.1) is 0 Å². The third-order valence-electron chi connectivity index (χ3n) is 3.59. The average molecular weight is 386 g/mol. The summed E-state index contributed by atoms with van der Waals surface area (Å²) in [7, 11) is 3.07. The summed E-state index contributed by atoms with van der Waals surface area (Å²) in [6.07, 6.45) is 2.08. The van der Waals surface area contributed by atoms with Crippen LogP contribution >= 0.6 is 0 Å². The Labute approximate surface area is 153 Å². The number of nitrogens with zero attached hydrogens (tertiary/aromatic N) is 2. The van der Waals surface area contributed by atoms with Gasteiger partial charge in [-0.05, 0) is 23.8 Å². The molecule has 0 aliphatic rings. The predicted octanol–water partition coefficient (Wildman–Crippen LogP) is 3.74. The first-order valence-electron chi connectivity index (χ1n) is 7.84. The van der Waals surface area contributed by atoms with E-state index in [2.05, 4.69) is 5.10 Å². The maximum atomic E-state index is 12.9. The Kier molecular flexibility index (Phi) is 6.73. The molecule has 0 saturated carbocycles. The number of methoxy groups -OCH3 is 1. The van der Waals surface area contributed by atoms with Gasteiger partial charge in [-0.1, -0.05) is 12.1 Å². The summed E-state index contributed by atoms with van der Waals surface area (Å²) >= 11 is 0. The van der Waals surface area contributed by atoms with Crippen LogP contribution in [0.1, 0.15) is 21.5 Å². The molecule has 27 heavy (non-hydrogen) atoms. The van der Waals surface area contributed by atoms with Gasteiger partial charge in [0.2, 0.25) is 0 Å². The normalized spacial score (nSPS) is 12.1. The lowest BCUT2D eigenvalue weighted by atomic mass is 10.1. The highest BCUT2D eigenvalue weighted by Gasteiger charge is 2.40. The molecule has 0 aliphatic carbocycles. The molecule has 1 heterocycles. The third kappa shape index (κ3) is 5.65. The smallest absolute Gasteiger partial charge is 0.330 e. The van der Waals surface area contributed by atoms with Gasteiger partial charge in [0.25, 0.3) is 0 Å². The van der Waals surface area contributed by atoms with E-state index in [0.717, 1.165) is 0 Å². The van der Waals surface area contributed by atoms with Crippen molar-refractivity contribution in [3.63, 3.8) is 0 Å². The van der Waals surface area contributed by atoms with E-state index in [-0.39, 0.29) is 12.4 Å². The molecule has 5 nitrogen and oxygen atoms in total. The van der Waals surface area contributed by atoms with Crippen molar-refractivity contribution in [3.05, 3.63) is 53.4 Å². The topological polar surface area (TPSA) is 53.3 Å². The number of ether oxygens (including phenoxy) is 2. The number of aromatic nitrogens is 2. The molecule has 0 unspecified atom stereocenters. The Balaban J connectivity index is 2.07. The van der Waals surface area contributed by atoms with Crippen molar-refractivity contribution in [2.45, 2.75) is 19.0 Å². The zero-order valence-corrected chi connectivity index (χ0v) is 14.7. The van der Waals surface area contributed by atoms with Crippen LogP contribution in [-0.2, 0) is 18.4 Å². The van der Waals surface area contributed by atoms with Gasteiger partial charge in [-0.2, -0.15) is 13.9 Å². The average Bonchev–Trinajstić information content (AvgIpc) is 3.06. The summed E-state index contributed by atoms with van der Waals surface area (Å²) in [4.78, 5) is 12.0. The van der Waals surface area contributed by atoms with E-state index in [1.165, 1.54) is 30.1 Å². The van der Waals surface area contributed by atoms with Gasteiger partial charge in [0.1, 0.15) is 12.4 Å². The number of aryl methyl sites for hydroxylation is 1. The Morgan fingerprint density at radius 1 is 1.37 bits per heavy atom. The molecule has 0 N–H and O–H groups in total. The van der Waals surface area contributed by atoms with Gasteiger partial charge in [-0.15, -0.1) is 0 Å². The lowest BCUT2D eigenvalue weighted by molar-refractivity contribution is -0.168. The molecule has 0 atom stereocenters. The number of carbonyl (C=O) groups is 1. The number of halogens is 4. The van der Waals surface area contributed by atoms with Crippen molar-refractivity contribution < 1.29 is 31.8 Å². The fourth-order valence-electron chi connectivity index (χ4n) is 2.19. The molecule has 2 aromatic rings. The minimum Gasteiger partial charge on any atom is -0.496 e. The molecule has 9 heteroatoms. The van der Waals surface area contributed by atoms with E-state index in [9.17, 15) is 22.4 Å². The van der Waals surface area contributed by atoms with Gasteiger partial charge >= 0.3 is 12.3 Å². The lowest BCUT2D eigenvalue weighted by Crippen LogP contribution is -2.32. The first-order valence-corrected chi connectivity index (χ1v) is 7.84. The highest BCUT2D eigenvalue weighted by atomic mass is 19.3. The van der Waals surface area contributed by atoms with E-state index in [1.807, 2.05) is 0 Å². The first kappa shape index (κ1) is 20.6. The maximum Gasteiger partial charge on any atom is 0.330 e. The van der Waals surface area contributed by atoms with Crippen molar-refractivity contribution in [2.75, 3.05) is 13.7 Å². The largest absolute Gasteiger partial charge is 0.496 e. The van der Waals surface area contributed by atoms with Crippen molar-refractivity contribution in [2.24, 2.45) is 7.05 Å². The number of benzene rings is 1. The summed E-state index contributed by atoms with van der Waals surface area (Å²) in [5, 5.41) is 3.91. The van der Waals surface area contributed by atoms with Gasteiger partial charge in [0, 0.05) is 18.8 Å². The molecule has 0 aliphatic heterocycles. The van der Waals surface area contributed by atoms with E-state index < -0.39 is 19.0 Å². The van der Waals surface area contributed by atoms with E-state index in [1.54, 1.807) is 31.4 Å². The highest BCUT2D eigenvalue weighted by molar-refractivity contribution is 6.06. The van der Waals surface area contributed by atoms with Crippen LogP contribution in [0.15, 0.2) is 36.7 Å². The molecule has 0 bridgehead atoms. The minimum absolute atomic E-state index is 0.256. The molecule has 1 aromatic heterocycles. The molecule has 146 valence electrons. The van der Waals surface area contributed by atoms with Crippen molar-refractivity contribution in [3.8, 4) is 5.75 Å². The number of hydrogen-bond acceptors (Lipinski definition) is 4. The van der Waals surface area contributed by atoms with Gasteiger partial charge in [-0.3, -0.25) is 9.48 Å². The molecule has 2 rings (SSSR count). The van der Waals surface area contributed by atoms with Crippen LogP contribution in [0.3, 0.4) is 0 Å². The Morgan fingerprint density at radius 2 is 2.11 bits per heavy atom. The van der Waals surface area contributed by atoms with Crippen molar-refractivity contribution >= 4 is 11.9 Å². The number of ketones is 1. The fourth-order valence-corrected chi connectivity index (χ4v) is 2.19. The maximum absolute atomic E-state index is 12.9. The molecule has 1 aromatic carbocycles. The van der Waals surface area contributed by atoms with Gasteiger partial charge in [-0.25, -0.2) is 8.78 Å². The Bertz CT molecular complexity index is 819. The van der Waals surface area contributed by atoms with Crippen LogP contribution in [-0.4, -0.2) is 41.6 Å². The Morgan fingerprint density at radius 3 is 2.70 bits per heavy atom. The second-order valence-electron chi connectivity index (χ2n) is 5.73. The summed E-state index contributed by atoms with van der Waals surface area (Å²) in [5.74, 6) is -4.12. The molecule has 0 spiro atoms. The van der Waals surface area contributed by atoms with E-state index >= 15 is 0 Å². The zero-order chi connectivity index (χ0) is 20.0. The third-order valence-corrected chi connectivity index (χ3v) is 3.59. The molecule has 0 saturated heterocycles. The second kappa shape index (κ2) is 8.81. The summed E-state index contributed by atoms with van der Waals surface area (Å²) in [6, 6.07) is 4.79. The van der Waals surface area contributed by atoms with Crippen LogP contribution in [0.5, 0.6) is 5.75 Å². The monoisotopic (exact) mass is 386 g/mol. The summed E-state index contributed by atoms with van der Waals surface area (Å²) in [5.41, 5.74) is 1.39. The number of alkyl halides is 4. The van der Waals surface area contributed by atoms with Crippen LogP contribution in [0.4, 0.5) is 17.6 Å². The fraction of sp³-hybridized carbons (Fsp3) is 0.333. The molecule has 0 radical (unpaired) electrons. The van der Waals surface area contributed by atoms with Gasteiger partial charge in [0.05, 0.1) is 25.5 Å². The van der Waals surface area contributed by atoms with Crippen molar-refractivity contribution in [1.29, 1.82) is 0 Å². The molecule has 0 amide bonds. The second-order valence-corrected chi connectivity index (χ2v) is 5.73. The van der Waals surface area contributed by atoms with Gasteiger partial charge < -0.3 is 9.47 Å². The van der Waals surface area contributed by atoms with E-state index in [4.69, 9.17) is 9.47 Å². The molecular weight excluding hydrogens is 368 g/mol. The van der Waals surface area contributed by atoms with Crippen molar-refractivity contribution in [1.82, 2.24) is 9.78 Å². The minimum atomic E-state index is -4.22. The van der Waals surface area contributed by atoms with Gasteiger partial charge in [0.15, 0.2) is 5.78 Å². The number of allylic oxidation sites excluding steroid dienone is 1. The summed E-state index contributed by atoms with van der Waals surface area (Å²) in [6.45, 7) is -1.75. The standard InChI is InChI=1S/C18H18F4N2O3/c1-24-9-14(8-23-24)15(25)5-3-12-4-6-16(26-2)13(7-12)10-27-11-18(21,22)17(19)20/h3-9,17H,10-11H2,1-2H3/b5-3+. The van der Waals surface area contributed by atoms with Crippen LogP contribution < -0.4 is 4.74 Å². The zero-order valence-electron chi connectivity index (χ0n) is 14.7. The Hall–Kier alpha value is -2.68. The first-order chi connectivity index (χ1) is 12.7. The number of rotatable bonds is 9. The quantitative estimate of drug-likeness (QED) is 0.374. The lowest BCUT2D eigenvalue weighted by Gasteiger charge is -2.16. The predicted molar refractivity (Wildman–Crippen MR) is 90.2 cm³/mol. The molecule has 0 fully saturated rings. The molecular formula is C18H18F4N2O3. The van der Waals surface area contributed by atoms with Crippen LogP contribution in [0.2, 0.25) is 0 Å². The summed E-state index contributed by atoms with van der Waals surface area (Å²) < 4.78 is 61.5. The SMILES string of the molecule is COc1ccc(/C=C/C(=O)c2cnn(C)c2)cc1COCC(F)(F)C(F)F. The number of hydrogen-bond donors (Lipinski definition) is 0. The highest BCUT2D eigenvalue weighted by Crippen LogP contribution is 2.25. The van der Waals surface area contributed by atoms with Crippen LogP contribution in [0.25, 0.3) is 6.08 Å². The van der Waals surface area contributed by atoms with E-state index in [0.29, 0.717) is 22.4 Å².